The minimum Gasteiger partial charge on any atom is -0.454 e. The van der Waals surface area contributed by atoms with Gasteiger partial charge in [0.1, 0.15) is 6.04 Å². The molecule has 0 aliphatic carbocycles. The van der Waals surface area contributed by atoms with E-state index < -0.39 is 36.3 Å². The number of fused-ring (bicyclic) bond motifs is 1. The van der Waals surface area contributed by atoms with Crippen LogP contribution in [0.15, 0.2) is 24.3 Å². The smallest absolute Gasteiger partial charge is 0.330 e. The fourth-order valence-corrected chi connectivity index (χ4v) is 3.19. The zero-order chi connectivity index (χ0) is 20.7. The highest BCUT2D eigenvalue weighted by Gasteiger charge is 2.44. The van der Waals surface area contributed by atoms with Crippen molar-refractivity contribution in [2.24, 2.45) is 5.92 Å². The lowest BCUT2D eigenvalue weighted by Gasteiger charge is -2.27. The maximum Gasteiger partial charge on any atom is 0.330 e. The lowest BCUT2D eigenvalue weighted by molar-refractivity contribution is -0.153. The third-order valence-electron chi connectivity index (χ3n) is 4.67. The van der Waals surface area contributed by atoms with E-state index in [1.54, 1.807) is 38.1 Å². The topological polar surface area (TPSA) is 92.8 Å². The Balaban J connectivity index is 1.95. The highest BCUT2D eigenvalue weighted by Crippen LogP contribution is 2.27. The minimum atomic E-state index is -1.08. The minimum absolute atomic E-state index is 0.274. The van der Waals surface area contributed by atoms with E-state index in [4.69, 9.17) is 4.74 Å². The van der Waals surface area contributed by atoms with Crippen LogP contribution in [0.5, 0.6) is 0 Å². The van der Waals surface area contributed by atoms with E-state index in [1.807, 2.05) is 0 Å². The molecule has 152 valence electrons. The molecule has 1 heterocycles. The summed E-state index contributed by atoms with van der Waals surface area (Å²) < 4.78 is 5.12. The number of hydrogen-bond acceptors (Lipinski definition) is 5. The standard InChI is InChI=1S/C21H28N2O5/c1-4-5-6-9-12-22-17(24)13-28-21(27)18(14(2)3)23-19(25)15-10-7-8-11-16(15)20(23)26/h7-8,10-11,14,18H,4-6,9,12-13H2,1-3H3,(H,22,24)/t18-/m0/s1. The number of nitrogens with one attached hydrogen (secondary N) is 1. The Labute approximate surface area is 165 Å². The normalized spacial score (nSPS) is 14.2. The molecule has 0 radical (unpaired) electrons. The Hall–Kier alpha value is -2.70. The molecule has 1 aliphatic rings. The van der Waals surface area contributed by atoms with Gasteiger partial charge in [-0.05, 0) is 24.5 Å². The van der Waals surface area contributed by atoms with E-state index in [0.29, 0.717) is 6.54 Å². The van der Waals surface area contributed by atoms with Crippen LogP contribution in [0.1, 0.15) is 67.2 Å². The van der Waals surface area contributed by atoms with Crippen molar-refractivity contribution in [2.45, 2.75) is 52.5 Å². The number of hydrogen-bond donors (Lipinski definition) is 1. The summed E-state index contributed by atoms with van der Waals surface area (Å²) in [7, 11) is 0. The third-order valence-corrected chi connectivity index (χ3v) is 4.67. The Morgan fingerprint density at radius 3 is 2.18 bits per heavy atom. The molecule has 7 nitrogen and oxygen atoms in total. The Kier molecular flexibility index (Phi) is 7.72. The summed E-state index contributed by atoms with van der Waals surface area (Å²) in [6, 6.07) is 5.38. The lowest BCUT2D eigenvalue weighted by atomic mass is 10.0. The average molecular weight is 388 g/mol. The first-order chi connectivity index (χ1) is 13.4. The van der Waals surface area contributed by atoms with Crippen molar-refractivity contribution in [1.29, 1.82) is 0 Å². The predicted molar refractivity (Wildman–Crippen MR) is 104 cm³/mol. The molecule has 0 unspecified atom stereocenters. The van der Waals surface area contributed by atoms with Crippen LogP contribution in [0.3, 0.4) is 0 Å². The van der Waals surface area contributed by atoms with Crippen LogP contribution in [-0.4, -0.2) is 47.8 Å². The summed E-state index contributed by atoms with van der Waals surface area (Å²) >= 11 is 0. The molecule has 0 fully saturated rings. The number of rotatable bonds is 10. The second-order valence-electron chi connectivity index (χ2n) is 7.23. The summed E-state index contributed by atoms with van der Waals surface area (Å²) in [5.41, 5.74) is 0.548. The van der Waals surface area contributed by atoms with E-state index in [9.17, 15) is 19.2 Å². The van der Waals surface area contributed by atoms with Gasteiger partial charge in [-0.25, -0.2) is 4.79 Å². The van der Waals surface area contributed by atoms with Gasteiger partial charge in [-0.2, -0.15) is 0 Å². The van der Waals surface area contributed by atoms with Gasteiger partial charge in [-0.15, -0.1) is 0 Å². The third kappa shape index (κ3) is 4.97. The second kappa shape index (κ2) is 10.0. The van der Waals surface area contributed by atoms with E-state index >= 15 is 0 Å². The number of benzene rings is 1. The molecule has 3 amide bonds. The van der Waals surface area contributed by atoms with Crippen molar-refractivity contribution >= 4 is 23.7 Å². The average Bonchev–Trinajstić information content (AvgIpc) is 2.92. The molecule has 2 rings (SSSR count). The van der Waals surface area contributed by atoms with Gasteiger partial charge in [0.2, 0.25) is 0 Å². The number of ether oxygens (including phenoxy) is 1. The molecular weight excluding hydrogens is 360 g/mol. The van der Waals surface area contributed by atoms with Gasteiger partial charge in [0.25, 0.3) is 17.7 Å². The number of imide groups is 1. The summed E-state index contributed by atoms with van der Waals surface area (Å²) in [6.45, 7) is 5.66. The zero-order valence-electron chi connectivity index (χ0n) is 16.7. The number of nitrogens with zero attached hydrogens (tertiary/aromatic N) is 1. The van der Waals surface area contributed by atoms with Crippen LogP contribution in [0, 0.1) is 5.92 Å². The molecule has 0 saturated heterocycles. The van der Waals surface area contributed by atoms with E-state index in [1.165, 1.54) is 0 Å². The monoisotopic (exact) mass is 388 g/mol. The van der Waals surface area contributed by atoms with E-state index in [-0.39, 0.29) is 17.0 Å². The summed E-state index contributed by atoms with van der Waals surface area (Å²) in [6.07, 6.45) is 4.13. The van der Waals surface area contributed by atoms with Crippen molar-refractivity contribution in [3.05, 3.63) is 35.4 Å². The molecule has 0 saturated carbocycles. The predicted octanol–water partition coefficient (Wildman–Crippen LogP) is 2.55. The molecule has 1 aromatic rings. The molecule has 1 aromatic carbocycles. The van der Waals surface area contributed by atoms with Gasteiger partial charge < -0.3 is 10.1 Å². The van der Waals surface area contributed by atoms with Gasteiger partial charge in [0, 0.05) is 6.54 Å². The van der Waals surface area contributed by atoms with Crippen molar-refractivity contribution in [3.63, 3.8) is 0 Å². The van der Waals surface area contributed by atoms with Crippen LogP contribution in [0.4, 0.5) is 0 Å². The van der Waals surface area contributed by atoms with Gasteiger partial charge in [0.05, 0.1) is 11.1 Å². The first-order valence-electron chi connectivity index (χ1n) is 9.78. The summed E-state index contributed by atoms with van der Waals surface area (Å²) in [5, 5.41) is 2.70. The molecule has 0 aromatic heterocycles. The zero-order valence-corrected chi connectivity index (χ0v) is 16.7. The number of carbonyl (C=O) groups excluding carboxylic acids is 4. The maximum absolute atomic E-state index is 12.6. The Morgan fingerprint density at radius 2 is 1.64 bits per heavy atom. The van der Waals surface area contributed by atoms with E-state index in [0.717, 1.165) is 30.6 Å². The van der Waals surface area contributed by atoms with Crippen molar-refractivity contribution in [1.82, 2.24) is 10.2 Å². The largest absolute Gasteiger partial charge is 0.454 e. The first kappa shape index (κ1) is 21.6. The first-order valence-corrected chi connectivity index (χ1v) is 9.78. The fourth-order valence-electron chi connectivity index (χ4n) is 3.19. The quantitative estimate of drug-likeness (QED) is 0.378. The van der Waals surface area contributed by atoms with Crippen LogP contribution >= 0.6 is 0 Å². The van der Waals surface area contributed by atoms with Crippen molar-refractivity contribution < 1.29 is 23.9 Å². The molecule has 1 aliphatic heterocycles. The molecule has 0 bridgehead atoms. The number of carbonyl (C=O) groups is 4. The van der Waals surface area contributed by atoms with E-state index in [2.05, 4.69) is 12.2 Å². The number of esters is 1. The number of amides is 3. The maximum atomic E-state index is 12.6. The lowest BCUT2D eigenvalue weighted by Crippen LogP contribution is -2.49. The van der Waals surface area contributed by atoms with Crippen LogP contribution in [0.25, 0.3) is 0 Å². The Morgan fingerprint density at radius 1 is 1.04 bits per heavy atom. The van der Waals surface area contributed by atoms with Gasteiger partial charge in [0.15, 0.2) is 6.61 Å². The Bertz CT molecular complexity index is 709. The van der Waals surface area contributed by atoms with Crippen LogP contribution in [0.2, 0.25) is 0 Å². The molecule has 28 heavy (non-hydrogen) atoms. The van der Waals surface area contributed by atoms with Crippen LogP contribution < -0.4 is 5.32 Å². The van der Waals surface area contributed by atoms with Gasteiger partial charge in [-0.1, -0.05) is 52.2 Å². The molecule has 1 N–H and O–H groups in total. The number of unbranched alkanes of at least 4 members (excludes halogenated alkanes) is 3. The molecule has 1 atom stereocenters. The van der Waals surface area contributed by atoms with Crippen molar-refractivity contribution in [2.75, 3.05) is 13.2 Å². The highest BCUT2D eigenvalue weighted by molar-refractivity contribution is 6.22. The molecule has 0 spiro atoms. The highest BCUT2D eigenvalue weighted by atomic mass is 16.5. The molecule has 7 heteroatoms. The van der Waals surface area contributed by atoms with Crippen molar-refractivity contribution in [3.8, 4) is 0 Å². The fraction of sp³-hybridized carbons (Fsp3) is 0.524. The van der Waals surface area contributed by atoms with Gasteiger partial charge >= 0.3 is 5.97 Å². The second-order valence-corrected chi connectivity index (χ2v) is 7.23. The van der Waals surface area contributed by atoms with Gasteiger partial charge in [-0.3, -0.25) is 19.3 Å². The molecular formula is C21H28N2O5. The van der Waals surface area contributed by atoms with Crippen LogP contribution in [-0.2, 0) is 14.3 Å². The summed E-state index contributed by atoms with van der Waals surface area (Å²) in [5.74, 6) is -2.54. The SMILES string of the molecule is CCCCCCNC(=O)COC(=O)[C@H](C(C)C)N1C(=O)c2ccccc2C1=O. The summed E-state index contributed by atoms with van der Waals surface area (Å²) in [4.78, 5) is 50.7.